The fraction of sp³-hybridized carbons (Fsp3) is 0.312. The lowest BCUT2D eigenvalue weighted by atomic mass is 10.1. The van der Waals surface area contributed by atoms with Crippen molar-refractivity contribution in [1.29, 1.82) is 0 Å². The lowest BCUT2D eigenvalue weighted by Gasteiger charge is -2.05. The lowest BCUT2D eigenvalue weighted by Crippen LogP contribution is -2.03. The second-order valence-electron chi connectivity index (χ2n) is 4.97. The second-order valence-corrected chi connectivity index (χ2v) is 6.06. The Kier molecular flexibility index (Phi) is 4.90. The quantitative estimate of drug-likeness (QED) is 0.728. The molecule has 0 saturated heterocycles. The topological polar surface area (TPSA) is 37.3 Å². The normalized spacial score (nSPS) is 12.8. The van der Waals surface area contributed by atoms with E-state index in [0.29, 0.717) is 27.0 Å². The van der Waals surface area contributed by atoms with Gasteiger partial charge in [0, 0.05) is 15.7 Å². The van der Waals surface area contributed by atoms with Gasteiger partial charge in [-0.25, -0.2) is 4.79 Å². The highest BCUT2D eigenvalue weighted by molar-refractivity contribution is 7.20. The Morgan fingerprint density at radius 3 is 2.64 bits per heavy atom. The fourth-order valence-corrected chi connectivity index (χ4v) is 3.29. The molecule has 0 aliphatic heterocycles. The summed E-state index contributed by atoms with van der Waals surface area (Å²) in [4.78, 5) is 11.6. The summed E-state index contributed by atoms with van der Waals surface area (Å²) < 4.78 is 38.7. The number of fused-ring (bicyclic) bond motifs is 1. The van der Waals surface area contributed by atoms with Crippen LogP contribution >= 0.6 is 11.3 Å². The molecular weight excluding hydrogens is 313 g/mol. The molecule has 118 valence electrons. The number of alkyl halides is 3. The standard InChI is InChI=1S/C16H15F3O2S/c1-2-3-4-10(8-15(20)21)13-7-11-5-6-12(16(17,18)19)9-14(11)22-13/h5-9H,2-4H2,1H3,(H,20,21). The average Bonchev–Trinajstić information content (AvgIpc) is 2.84. The van der Waals surface area contributed by atoms with Gasteiger partial charge < -0.3 is 5.11 Å². The molecular formula is C16H15F3O2S. The first kappa shape index (κ1) is 16.5. The zero-order chi connectivity index (χ0) is 16.3. The van der Waals surface area contributed by atoms with E-state index in [1.54, 1.807) is 6.07 Å². The van der Waals surface area contributed by atoms with Crippen LogP contribution in [0.2, 0.25) is 0 Å². The van der Waals surface area contributed by atoms with Gasteiger partial charge in [-0.3, -0.25) is 0 Å². The summed E-state index contributed by atoms with van der Waals surface area (Å²) in [6, 6.07) is 5.34. The molecule has 0 bridgehead atoms. The summed E-state index contributed by atoms with van der Waals surface area (Å²) in [5.41, 5.74) is -0.0326. The van der Waals surface area contributed by atoms with Gasteiger partial charge in [0.1, 0.15) is 0 Å². The summed E-state index contributed by atoms with van der Waals surface area (Å²) in [7, 11) is 0. The third-order valence-corrected chi connectivity index (χ3v) is 4.43. The van der Waals surface area contributed by atoms with E-state index < -0.39 is 17.7 Å². The molecule has 1 aromatic carbocycles. The molecule has 1 N–H and O–H groups in total. The van der Waals surface area contributed by atoms with Crippen molar-refractivity contribution in [3.05, 3.63) is 40.8 Å². The number of unbranched alkanes of at least 4 members (excludes halogenated alkanes) is 1. The van der Waals surface area contributed by atoms with Crippen molar-refractivity contribution in [3.63, 3.8) is 0 Å². The zero-order valence-corrected chi connectivity index (χ0v) is 12.7. The Hall–Kier alpha value is -1.82. The van der Waals surface area contributed by atoms with Crippen molar-refractivity contribution in [2.75, 3.05) is 0 Å². The van der Waals surface area contributed by atoms with E-state index in [2.05, 4.69) is 0 Å². The number of benzene rings is 1. The summed E-state index contributed by atoms with van der Waals surface area (Å²) in [6.45, 7) is 2.00. The molecule has 0 fully saturated rings. The molecule has 2 aromatic rings. The van der Waals surface area contributed by atoms with Gasteiger partial charge >= 0.3 is 12.1 Å². The molecule has 2 rings (SSSR count). The van der Waals surface area contributed by atoms with Crippen molar-refractivity contribution < 1.29 is 23.1 Å². The minimum atomic E-state index is -4.37. The van der Waals surface area contributed by atoms with Crippen LogP contribution in [0.5, 0.6) is 0 Å². The van der Waals surface area contributed by atoms with E-state index in [9.17, 15) is 18.0 Å². The Morgan fingerprint density at radius 2 is 2.05 bits per heavy atom. The van der Waals surface area contributed by atoms with Crippen LogP contribution < -0.4 is 0 Å². The zero-order valence-electron chi connectivity index (χ0n) is 11.9. The SMILES string of the molecule is CCCCC(=CC(=O)O)c1cc2ccc(C(F)(F)F)cc2s1. The molecule has 0 spiro atoms. The highest BCUT2D eigenvalue weighted by atomic mass is 32.1. The minimum Gasteiger partial charge on any atom is -0.478 e. The van der Waals surface area contributed by atoms with Crippen molar-refractivity contribution in [2.24, 2.45) is 0 Å². The smallest absolute Gasteiger partial charge is 0.416 e. The highest BCUT2D eigenvalue weighted by Crippen LogP contribution is 2.37. The van der Waals surface area contributed by atoms with Crippen LogP contribution in [-0.2, 0) is 11.0 Å². The number of aliphatic carboxylic acids is 1. The number of carboxylic acids is 1. The largest absolute Gasteiger partial charge is 0.478 e. The molecule has 1 heterocycles. The van der Waals surface area contributed by atoms with E-state index >= 15 is 0 Å². The van der Waals surface area contributed by atoms with Crippen LogP contribution in [0.1, 0.15) is 36.6 Å². The number of thiophene rings is 1. The van der Waals surface area contributed by atoms with Gasteiger partial charge in [0.15, 0.2) is 0 Å². The predicted molar refractivity (Wildman–Crippen MR) is 82.0 cm³/mol. The molecule has 0 atom stereocenters. The summed E-state index contributed by atoms with van der Waals surface area (Å²) in [5, 5.41) is 9.64. The number of allylic oxidation sites excluding steroid dienone is 1. The van der Waals surface area contributed by atoms with E-state index in [1.807, 2.05) is 6.92 Å². The number of hydrogen-bond donors (Lipinski definition) is 1. The number of halogens is 3. The molecule has 1 aromatic heterocycles. The van der Waals surface area contributed by atoms with Crippen LogP contribution in [0.25, 0.3) is 15.7 Å². The maximum Gasteiger partial charge on any atom is 0.416 e. The van der Waals surface area contributed by atoms with Crippen LogP contribution in [-0.4, -0.2) is 11.1 Å². The molecule has 0 saturated carbocycles. The molecule has 0 aliphatic carbocycles. The van der Waals surface area contributed by atoms with Gasteiger partial charge in [-0.05, 0) is 42.0 Å². The van der Waals surface area contributed by atoms with Crippen molar-refractivity contribution in [2.45, 2.75) is 32.4 Å². The number of rotatable bonds is 5. The minimum absolute atomic E-state index is 0.512. The van der Waals surface area contributed by atoms with Crippen molar-refractivity contribution in [1.82, 2.24) is 0 Å². The van der Waals surface area contributed by atoms with Gasteiger partial charge in [-0.2, -0.15) is 13.2 Å². The summed E-state index contributed by atoms with van der Waals surface area (Å²) >= 11 is 1.20. The molecule has 22 heavy (non-hydrogen) atoms. The maximum atomic E-state index is 12.7. The summed E-state index contributed by atoms with van der Waals surface area (Å²) in [6.07, 6.45) is -0.881. The van der Waals surface area contributed by atoms with Crippen LogP contribution in [0.4, 0.5) is 13.2 Å². The third-order valence-electron chi connectivity index (χ3n) is 3.26. The Morgan fingerprint density at radius 1 is 1.32 bits per heavy atom. The molecule has 6 heteroatoms. The van der Waals surface area contributed by atoms with Crippen LogP contribution in [0, 0.1) is 0 Å². The Bertz CT molecular complexity index is 714. The predicted octanol–water partition coefficient (Wildman–Crippen LogP) is 5.58. The van der Waals surface area contributed by atoms with Crippen molar-refractivity contribution in [3.8, 4) is 0 Å². The first-order valence-corrected chi connectivity index (χ1v) is 7.67. The van der Waals surface area contributed by atoms with Gasteiger partial charge in [-0.1, -0.05) is 19.4 Å². The first-order valence-electron chi connectivity index (χ1n) is 6.86. The molecule has 0 amide bonds. The van der Waals surface area contributed by atoms with E-state index in [0.717, 1.165) is 31.1 Å². The highest BCUT2D eigenvalue weighted by Gasteiger charge is 2.30. The third kappa shape index (κ3) is 3.88. The van der Waals surface area contributed by atoms with E-state index in [4.69, 9.17) is 5.11 Å². The number of carbonyl (C=O) groups is 1. The van der Waals surface area contributed by atoms with E-state index in [1.165, 1.54) is 17.4 Å². The van der Waals surface area contributed by atoms with E-state index in [-0.39, 0.29) is 0 Å². The molecule has 2 nitrogen and oxygen atoms in total. The Balaban J connectivity index is 2.44. The fourth-order valence-electron chi connectivity index (χ4n) is 2.15. The molecule has 0 unspecified atom stereocenters. The van der Waals surface area contributed by atoms with Gasteiger partial charge in [0.05, 0.1) is 5.56 Å². The van der Waals surface area contributed by atoms with Crippen LogP contribution in [0.15, 0.2) is 30.3 Å². The monoisotopic (exact) mass is 328 g/mol. The van der Waals surface area contributed by atoms with Gasteiger partial charge in [0.25, 0.3) is 0 Å². The van der Waals surface area contributed by atoms with Crippen molar-refractivity contribution >= 4 is 33.0 Å². The lowest BCUT2D eigenvalue weighted by molar-refractivity contribution is -0.137. The second kappa shape index (κ2) is 6.52. The van der Waals surface area contributed by atoms with Gasteiger partial charge in [-0.15, -0.1) is 11.3 Å². The average molecular weight is 328 g/mol. The Labute approximate surface area is 129 Å². The maximum absolute atomic E-state index is 12.7. The summed E-state index contributed by atoms with van der Waals surface area (Å²) in [5.74, 6) is -1.04. The van der Waals surface area contributed by atoms with Crippen LogP contribution in [0.3, 0.4) is 0 Å². The first-order chi connectivity index (χ1) is 10.3. The number of carboxylic acid groups (broad SMARTS) is 1. The molecule has 0 radical (unpaired) electrons. The van der Waals surface area contributed by atoms with Gasteiger partial charge in [0.2, 0.25) is 0 Å². The number of hydrogen-bond acceptors (Lipinski definition) is 2. The molecule has 0 aliphatic rings.